The average Bonchev–Trinajstić information content (AvgIpc) is 3.37. The first-order valence-electron chi connectivity index (χ1n) is 9.70. The molecule has 4 rings (SSSR count). The second kappa shape index (κ2) is 8.15. The summed E-state index contributed by atoms with van der Waals surface area (Å²) in [5.74, 6) is 1.89. The van der Waals surface area contributed by atoms with E-state index in [-0.39, 0.29) is 18.0 Å². The lowest BCUT2D eigenvalue weighted by atomic mass is 10.1. The molecule has 0 bridgehead atoms. The highest BCUT2D eigenvalue weighted by atomic mass is 16.3. The SMILES string of the molecule is Cc1ccc(C2CC(C(=O)N3CCN(Cc4cccc(C#N)c4)CC3)NN2)o1. The van der Waals surface area contributed by atoms with E-state index < -0.39 is 0 Å². The largest absolute Gasteiger partial charge is 0.465 e. The topological polar surface area (TPSA) is 84.5 Å². The molecule has 0 aliphatic carbocycles. The standard InChI is InChI=1S/C21H25N5O2/c1-15-5-6-20(28-15)18-12-19(24-23-18)21(27)26-9-7-25(8-10-26)14-17-4-2-3-16(11-17)13-22/h2-6,11,18-19,23-24H,7-10,12,14H2,1H3. The summed E-state index contributed by atoms with van der Waals surface area (Å²) in [4.78, 5) is 17.1. The van der Waals surface area contributed by atoms with Crippen molar-refractivity contribution in [1.29, 1.82) is 5.26 Å². The lowest BCUT2D eigenvalue weighted by Gasteiger charge is -2.35. The maximum absolute atomic E-state index is 12.9. The van der Waals surface area contributed by atoms with Gasteiger partial charge in [-0.2, -0.15) is 5.26 Å². The summed E-state index contributed by atoms with van der Waals surface area (Å²) in [6.45, 7) is 5.84. The van der Waals surface area contributed by atoms with Gasteiger partial charge < -0.3 is 9.32 Å². The number of amides is 1. The number of nitrogens with one attached hydrogen (secondary N) is 2. The minimum atomic E-state index is -0.228. The Morgan fingerprint density at radius 2 is 2.04 bits per heavy atom. The molecule has 28 heavy (non-hydrogen) atoms. The van der Waals surface area contributed by atoms with E-state index in [1.165, 1.54) is 0 Å². The van der Waals surface area contributed by atoms with Gasteiger partial charge in [-0.25, -0.2) is 10.9 Å². The number of hydrogen-bond acceptors (Lipinski definition) is 6. The normalized spacial score (nSPS) is 22.9. The lowest BCUT2D eigenvalue weighted by Crippen LogP contribution is -2.53. The molecule has 7 heteroatoms. The number of nitrogens with zero attached hydrogens (tertiary/aromatic N) is 3. The van der Waals surface area contributed by atoms with Crippen LogP contribution in [0.15, 0.2) is 40.8 Å². The van der Waals surface area contributed by atoms with Crippen molar-refractivity contribution in [3.63, 3.8) is 0 Å². The molecule has 2 fully saturated rings. The summed E-state index contributed by atoms with van der Waals surface area (Å²) in [6.07, 6.45) is 0.687. The first-order valence-corrected chi connectivity index (χ1v) is 9.70. The van der Waals surface area contributed by atoms with Crippen LogP contribution in [0.2, 0.25) is 0 Å². The molecule has 2 aliphatic heterocycles. The fraction of sp³-hybridized carbons (Fsp3) is 0.429. The number of piperazine rings is 1. The van der Waals surface area contributed by atoms with Crippen LogP contribution in [-0.4, -0.2) is 47.9 Å². The summed E-state index contributed by atoms with van der Waals surface area (Å²) < 4.78 is 5.67. The fourth-order valence-corrected chi connectivity index (χ4v) is 3.89. The van der Waals surface area contributed by atoms with Crippen LogP contribution < -0.4 is 10.9 Å². The molecule has 0 spiro atoms. The van der Waals surface area contributed by atoms with Gasteiger partial charge in [0.25, 0.3) is 0 Å². The Balaban J connectivity index is 1.28. The first-order chi connectivity index (χ1) is 13.6. The number of hydrazine groups is 1. The van der Waals surface area contributed by atoms with Crippen LogP contribution in [-0.2, 0) is 11.3 Å². The quantitative estimate of drug-likeness (QED) is 0.841. The minimum absolute atomic E-state index is 0.0244. The molecule has 3 heterocycles. The van der Waals surface area contributed by atoms with Crippen LogP contribution in [0.1, 0.15) is 35.1 Å². The number of rotatable bonds is 4. The van der Waals surface area contributed by atoms with Crippen LogP contribution in [0, 0.1) is 18.3 Å². The molecule has 2 saturated heterocycles. The summed E-state index contributed by atoms with van der Waals surface area (Å²) in [5, 5.41) is 9.04. The van der Waals surface area contributed by atoms with E-state index in [0.29, 0.717) is 12.0 Å². The highest BCUT2D eigenvalue weighted by Crippen LogP contribution is 2.25. The second-order valence-corrected chi connectivity index (χ2v) is 7.49. The number of hydrogen-bond donors (Lipinski definition) is 2. The molecule has 1 aromatic heterocycles. The van der Waals surface area contributed by atoms with Gasteiger partial charge in [0.05, 0.1) is 17.7 Å². The molecule has 1 amide bonds. The maximum atomic E-state index is 12.9. The molecule has 7 nitrogen and oxygen atoms in total. The van der Waals surface area contributed by atoms with E-state index in [1.54, 1.807) is 0 Å². The Labute approximate surface area is 164 Å². The molecule has 2 unspecified atom stereocenters. The fourth-order valence-electron chi connectivity index (χ4n) is 3.89. The highest BCUT2D eigenvalue weighted by Gasteiger charge is 2.35. The Morgan fingerprint density at radius 1 is 1.21 bits per heavy atom. The van der Waals surface area contributed by atoms with E-state index >= 15 is 0 Å². The van der Waals surface area contributed by atoms with Gasteiger partial charge in [-0.15, -0.1) is 0 Å². The molecule has 0 radical (unpaired) electrons. The van der Waals surface area contributed by atoms with E-state index in [4.69, 9.17) is 9.68 Å². The maximum Gasteiger partial charge on any atom is 0.241 e. The van der Waals surface area contributed by atoms with Crippen molar-refractivity contribution in [1.82, 2.24) is 20.7 Å². The van der Waals surface area contributed by atoms with Crippen LogP contribution in [0.5, 0.6) is 0 Å². The number of aryl methyl sites for hydroxylation is 1. The van der Waals surface area contributed by atoms with Crippen molar-refractivity contribution in [3.8, 4) is 6.07 Å². The Hall–Kier alpha value is -2.66. The summed E-state index contributed by atoms with van der Waals surface area (Å²) in [6, 6.07) is 13.6. The van der Waals surface area contributed by atoms with Gasteiger partial charge in [-0.1, -0.05) is 12.1 Å². The molecular formula is C21H25N5O2. The third kappa shape index (κ3) is 4.09. The molecule has 0 saturated carbocycles. The zero-order valence-corrected chi connectivity index (χ0v) is 16.0. The number of nitriles is 1. The van der Waals surface area contributed by atoms with Gasteiger partial charge in [-0.05, 0) is 43.2 Å². The van der Waals surface area contributed by atoms with E-state index in [0.717, 1.165) is 49.8 Å². The van der Waals surface area contributed by atoms with Crippen molar-refractivity contribution in [2.45, 2.75) is 32.0 Å². The second-order valence-electron chi connectivity index (χ2n) is 7.49. The zero-order chi connectivity index (χ0) is 19.5. The van der Waals surface area contributed by atoms with E-state index in [9.17, 15) is 4.79 Å². The zero-order valence-electron chi connectivity index (χ0n) is 16.0. The minimum Gasteiger partial charge on any atom is -0.465 e. The van der Waals surface area contributed by atoms with Crippen molar-refractivity contribution in [2.75, 3.05) is 26.2 Å². The van der Waals surface area contributed by atoms with Gasteiger partial charge in [0.2, 0.25) is 5.91 Å². The van der Waals surface area contributed by atoms with Crippen molar-refractivity contribution in [2.24, 2.45) is 0 Å². The average molecular weight is 379 g/mol. The van der Waals surface area contributed by atoms with Crippen LogP contribution in [0.4, 0.5) is 0 Å². The van der Waals surface area contributed by atoms with Crippen molar-refractivity contribution in [3.05, 3.63) is 59.0 Å². The van der Waals surface area contributed by atoms with Gasteiger partial charge in [-0.3, -0.25) is 9.69 Å². The summed E-state index contributed by atoms with van der Waals surface area (Å²) >= 11 is 0. The third-order valence-corrected chi connectivity index (χ3v) is 5.45. The smallest absolute Gasteiger partial charge is 0.241 e. The van der Waals surface area contributed by atoms with Crippen LogP contribution >= 0.6 is 0 Å². The van der Waals surface area contributed by atoms with Crippen LogP contribution in [0.25, 0.3) is 0 Å². The summed E-state index contributed by atoms with van der Waals surface area (Å²) in [7, 11) is 0. The number of furan rings is 1. The Kier molecular flexibility index (Phi) is 5.44. The highest BCUT2D eigenvalue weighted by molar-refractivity contribution is 5.82. The monoisotopic (exact) mass is 379 g/mol. The molecular weight excluding hydrogens is 354 g/mol. The molecule has 2 aliphatic rings. The van der Waals surface area contributed by atoms with Crippen LogP contribution in [0.3, 0.4) is 0 Å². The van der Waals surface area contributed by atoms with Crippen molar-refractivity contribution >= 4 is 5.91 Å². The van der Waals surface area contributed by atoms with Gasteiger partial charge >= 0.3 is 0 Å². The lowest BCUT2D eigenvalue weighted by molar-refractivity contribution is -0.135. The molecule has 2 N–H and O–H groups in total. The van der Waals surface area contributed by atoms with E-state index in [2.05, 4.69) is 21.8 Å². The van der Waals surface area contributed by atoms with Gasteiger partial charge in [0.15, 0.2) is 0 Å². The molecule has 146 valence electrons. The first kappa shape index (κ1) is 18.7. The van der Waals surface area contributed by atoms with E-state index in [1.807, 2.05) is 48.2 Å². The Morgan fingerprint density at radius 3 is 2.75 bits per heavy atom. The number of carbonyl (C=O) groups is 1. The molecule has 1 aromatic carbocycles. The molecule has 2 atom stereocenters. The number of benzene rings is 1. The molecule has 2 aromatic rings. The third-order valence-electron chi connectivity index (χ3n) is 5.45. The number of carbonyl (C=O) groups excluding carboxylic acids is 1. The summed E-state index contributed by atoms with van der Waals surface area (Å²) in [5.41, 5.74) is 8.13. The van der Waals surface area contributed by atoms with Crippen molar-refractivity contribution < 1.29 is 9.21 Å². The predicted octanol–water partition coefficient (Wildman–Crippen LogP) is 1.71. The van der Waals surface area contributed by atoms with Gasteiger partial charge in [0.1, 0.15) is 17.6 Å². The predicted molar refractivity (Wildman–Crippen MR) is 104 cm³/mol. The Bertz CT molecular complexity index is 879. The van der Waals surface area contributed by atoms with Gasteiger partial charge in [0, 0.05) is 32.7 Å².